The van der Waals surface area contributed by atoms with Gasteiger partial charge in [-0.05, 0) is 73.7 Å². The average Bonchev–Trinajstić information content (AvgIpc) is 3.71. The van der Waals surface area contributed by atoms with E-state index in [0.29, 0.717) is 36.2 Å². The van der Waals surface area contributed by atoms with Crippen molar-refractivity contribution in [2.24, 2.45) is 0 Å². The fraction of sp³-hybridized carbons (Fsp3) is 0.393. The van der Waals surface area contributed by atoms with Crippen molar-refractivity contribution in [2.75, 3.05) is 40.8 Å². The van der Waals surface area contributed by atoms with Gasteiger partial charge >= 0.3 is 0 Å². The van der Waals surface area contributed by atoms with E-state index in [9.17, 15) is 4.79 Å². The Morgan fingerprint density at radius 2 is 1.46 bits per heavy atom. The highest BCUT2D eigenvalue weighted by molar-refractivity contribution is 6.14. The van der Waals surface area contributed by atoms with E-state index in [1.54, 1.807) is 14.2 Å². The second-order valence-electron chi connectivity index (χ2n) is 8.36. The zero-order valence-corrected chi connectivity index (χ0v) is 20.5. The molecule has 2 aromatic rings. The molecule has 2 aromatic carbocycles. The average molecular weight is 481 g/mol. The van der Waals surface area contributed by atoms with Crippen molar-refractivity contribution in [2.45, 2.75) is 32.3 Å². The molecule has 4 rings (SSSR count). The minimum Gasteiger partial charge on any atom is -0.493 e. The second-order valence-corrected chi connectivity index (χ2v) is 8.36. The highest BCUT2D eigenvalue weighted by Crippen LogP contribution is 2.34. The Hall–Kier alpha value is -3.29. The first-order valence-corrected chi connectivity index (χ1v) is 11.9. The number of hydrogen-bond donors (Lipinski definition) is 0. The SMILES string of the molecule is CCOCOc1ccc(/C=C2\CCC/C(=C\c3ccc(OCC4CO4)c(OC)c3)C2=O)cc1OC. The van der Waals surface area contributed by atoms with E-state index < -0.39 is 0 Å². The summed E-state index contributed by atoms with van der Waals surface area (Å²) in [7, 11) is 3.21. The van der Waals surface area contributed by atoms with Crippen LogP contribution in [-0.4, -0.2) is 52.7 Å². The van der Waals surface area contributed by atoms with Crippen molar-refractivity contribution in [1.29, 1.82) is 0 Å². The Morgan fingerprint density at radius 1 is 0.886 bits per heavy atom. The lowest BCUT2D eigenvalue weighted by Gasteiger charge is -2.17. The van der Waals surface area contributed by atoms with E-state index in [1.807, 2.05) is 55.5 Å². The van der Waals surface area contributed by atoms with Crippen LogP contribution >= 0.6 is 0 Å². The summed E-state index contributed by atoms with van der Waals surface area (Å²) in [4.78, 5) is 13.3. The molecule has 1 saturated heterocycles. The van der Waals surface area contributed by atoms with Gasteiger partial charge in [-0.1, -0.05) is 12.1 Å². The molecule has 0 spiro atoms. The van der Waals surface area contributed by atoms with Crippen LogP contribution in [0.1, 0.15) is 37.3 Å². The molecule has 1 heterocycles. The van der Waals surface area contributed by atoms with Crippen LogP contribution in [0.2, 0.25) is 0 Å². The van der Waals surface area contributed by atoms with E-state index in [1.165, 1.54) is 0 Å². The number of carbonyl (C=O) groups is 1. The molecular formula is C28H32O7. The number of ketones is 1. The lowest BCUT2D eigenvalue weighted by molar-refractivity contribution is -0.112. The fourth-order valence-electron chi connectivity index (χ4n) is 3.90. The van der Waals surface area contributed by atoms with Gasteiger partial charge in [-0.3, -0.25) is 4.79 Å². The summed E-state index contributed by atoms with van der Waals surface area (Å²) >= 11 is 0. The number of methoxy groups -OCH3 is 2. The topological polar surface area (TPSA) is 75.8 Å². The van der Waals surface area contributed by atoms with Gasteiger partial charge in [0.25, 0.3) is 0 Å². The van der Waals surface area contributed by atoms with Gasteiger partial charge in [-0.2, -0.15) is 0 Å². The highest BCUT2D eigenvalue weighted by Gasteiger charge is 2.24. The molecule has 1 aliphatic heterocycles. The lowest BCUT2D eigenvalue weighted by atomic mass is 9.87. The zero-order chi connectivity index (χ0) is 24.6. The van der Waals surface area contributed by atoms with Crippen LogP contribution in [0.25, 0.3) is 12.2 Å². The molecule has 1 aliphatic carbocycles. The van der Waals surface area contributed by atoms with Crippen molar-refractivity contribution in [3.63, 3.8) is 0 Å². The molecule has 1 saturated carbocycles. The van der Waals surface area contributed by atoms with E-state index in [4.69, 9.17) is 28.4 Å². The van der Waals surface area contributed by atoms with Crippen LogP contribution in [0, 0.1) is 0 Å². The molecule has 0 N–H and O–H groups in total. The van der Waals surface area contributed by atoms with Crippen molar-refractivity contribution >= 4 is 17.9 Å². The van der Waals surface area contributed by atoms with Crippen molar-refractivity contribution < 1.29 is 33.2 Å². The Bertz CT molecular complexity index is 1100. The van der Waals surface area contributed by atoms with Crippen LogP contribution in [0.3, 0.4) is 0 Å². The maximum atomic E-state index is 13.3. The standard InChI is InChI=1S/C28H32O7/c1-4-32-18-35-25-11-9-20(15-27(25)31-3)13-22-7-5-6-21(28(22)29)12-19-8-10-24(26(14-19)30-2)34-17-23-16-33-23/h8-15,23H,4-7,16-18H2,1-3H3/b21-12+,22-13+. The zero-order valence-electron chi connectivity index (χ0n) is 20.5. The molecule has 0 aromatic heterocycles. The summed E-state index contributed by atoms with van der Waals surface area (Å²) in [6.07, 6.45) is 6.43. The molecule has 1 atom stereocenters. The number of epoxide rings is 1. The van der Waals surface area contributed by atoms with Crippen LogP contribution in [0.15, 0.2) is 47.5 Å². The first-order valence-electron chi connectivity index (χ1n) is 11.9. The Morgan fingerprint density at radius 3 is 1.97 bits per heavy atom. The van der Waals surface area contributed by atoms with Crippen molar-refractivity contribution in [3.8, 4) is 23.0 Å². The molecule has 7 nitrogen and oxygen atoms in total. The van der Waals surface area contributed by atoms with Crippen molar-refractivity contribution in [1.82, 2.24) is 0 Å². The monoisotopic (exact) mass is 480 g/mol. The lowest BCUT2D eigenvalue weighted by Crippen LogP contribution is -2.12. The normalized spacial score (nSPS) is 19.6. The number of allylic oxidation sites excluding steroid dienone is 2. The molecule has 0 bridgehead atoms. The largest absolute Gasteiger partial charge is 0.493 e. The van der Waals surface area contributed by atoms with Gasteiger partial charge in [0, 0.05) is 17.8 Å². The highest BCUT2D eigenvalue weighted by atomic mass is 16.7. The third-order valence-electron chi connectivity index (χ3n) is 5.86. The van der Waals surface area contributed by atoms with Gasteiger partial charge in [-0.15, -0.1) is 0 Å². The summed E-state index contributed by atoms with van der Waals surface area (Å²) in [5.41, 5.74) is 3.36. The third kappa shape index (κ3) is 6.65. The number of hydrogen-bond acceptors (Lipinski definition) is 7. The quantitative estimate of drug-likeness (QED) is 0.192. The second kappa shape index (κ2) is 11.9. The van der Waals surface area contributed by atoms with Gasteiger partial charge in [0.1, 0.15) is 12.7 Å². The van der Waals surface area contributed by atoms with Crippen molar-refractivity contribution in [3.05, 3.63) is 58.7 Å². The molecule has 0 amide bonds. The Balaban J connectivity index is 1.49. The molecule has 1 unspecified atom stereocenters. The van der Waals surface area contributed by atoms with E-state index in [0.717, 1.165) is 48.1 Å². The van der Waals surface area contributed by atoms with E-state index >= 15 is 0 Å². The van der Waals surface area contributed by atoms with E-state index in [2.05, 4.69) is 0 Å². The van der Waals surface area contributed by atoms with Gasteiger partial charge < -0.3 is 28.4 Å². The summed E-state index contributed by atoms with van der Waals surface area (Å²) < 4.78 is 32.8. The predicted molar refractivity (Wildman–Crippen MR) is 133 cm³/mol. The number of carbonyl (C=O) groups excluding carboxylic acids is 1. The number of Topliss-reactive ketones (excluding diaryl/α,β-unsaturated/α-hetero) is 1. The van der Waals surface area contributed by atoms with Crippen LogP contribution in [0.5, 0.6) is 23.0 Å². The molecule has 35 heavy (non-hydrogen) atoms. The van der Waals surface area contributed by atoms with Crippen LogP contribution < -0.4 is 18.9 Å². The smallest absolute Gasteiger partial charge is 0.189 e. The third-order valence-corrected chi connectivity index (χ3v) is 5.86. The fourth-order valence-corrected chi connectivity index (χ4v) is 3.90. The summed E-state index contributed by atoms with van der Waals surface area (Å²) in [5, 5.41) is 0. The Labute approximate surface area is 206 Å². The van der Waals surface area contributed by atoms with Gasteiger partial charge in [0.05, 0.1) is 20.8 Å². The predicted octanol–water partition coefficient (Wildman–Crippen LogP) is 5.07. The summed E-state index contributed by atoms with van der Waals surface area (Å²) in [5.74, 6) is 2.57. The Kier molecular flexibility index (Phi) is 8.45. The minimum absolute atomic E-state index is 0.0667. The van der Waals surface area contributed by atoms with Crippen LogP contribution in [-0.2, 0) is 14.3 Å². The van der Waals surface area contributed by atoms with E-state index in [-0.39, 0.29) is 18.7 Å². The molecule has 2 aliphatic rings. The number of ether oxygens (including phenoxy) is 6. The molecule has 7 heteroatoms. The summed E-state index contributed by atoms with van der Waals surface area (Å²) in [6, 6.07) is 11.3. The van der Waals surface area contributed by atoms with Gasteiger partial charge in [-0.25, -0.2) is 0 Å². The first kappa shape index (κ1) is 24.8. The van der Waals surface area contributed by atoms with Gasteiger partial charge in [0.15, 0.2) is 35.6 Å². The summed E-state index contributed by atoms with van der Waals surface area (Å²) in [6.45, 7) is 3.89. The molecule has 186 valence electrons. The maximum absolute atomic E-state index is 13.3. The van der Waals surface area contributed by atoms with Crippen LogP contribution in [0.4, 0.5) is 0 Å². The van der Waals surface area contributed by atoms with Gasteiger partial charge in [0.2, 0.25) is 0 Å². The molecular weight excluding hydrogens is 448 g/mol. The number of rotatable bonds is 11. The minimum atomic E-state index is 0.0667. The maximum Gasteiger partial charge on any atom is 0.189 e. The molecule has 0 radical (unpaired) electrons. The molecule has 2 fully saturated rings. The number of benzene rings is 2. The first-order chi connectivity index (χ1) is 17.1.